The second-order valence-corrected chi connectivity index (χ2v) is 10.8. The first-order valence-corrected chi connectivity index (χ1v) is 14.0. The number of anilines is 2. The average Bonchev–Trinajstić information content (AvgIpc) is 3.41. The highest BCUT2D eigenvalue weighted by atomic mass is 79.9. The first-order chi connectivity index (χ1) is 18.5. The molecule has 2 amide bonds. The summed E-state index contributed by atoms with van der Waals surface area (Å²) in [5.41, 5.74) is 3.09. The molecule has 0 unspecified atom stereocenters. The molecular formula is C26H23BrClN7O2S. The maximum absolute atomic E-state index is 12.8. The molecule has 0 atom stereocenters. The standard InChI is InChI=1S/C26H23BrClN7O2S/c27-18-5-9-21(10-6-18)35-26(30-31-32-35)38-17-24(36)29-19-7-11-20(12-8-19)33-13-15-34(16-14-33)25(37)22-3-1-2-4-23(22)28/h1-12H,13-17H2,(H,29,36). The van der Waals surface area contributed by atoms with Crippen molar-refractivity contribution >= 4 is 62.5 Å². The zero-order chi connectivity index (χ0) is 26.5. The molecule has 1 N–H and O–H groups in total. The minimum Gasteiger partial charge on any atom is -0.368 e. The molecule has 1 aliphatic rings. The van der Waals surface area contributed by atoms with Crippen LogP contribution >= 0.6 is 39.3 Å². The number of halogens is 2. The summed E-state index contributed by atoms with van der Waals surface area (Å²) in [7, 11) is 0. The lowest BCUT2D eigenvalue weighted by Gasteiger charge is -2.36. The molecule has 3 aromatic carbocycles. The van der Waals surface area contributed by atoms with Crippen molar-refractivity contribution in [3.8, 4) is 5.69 Å². The van der Waals surface area contributed by atoms with Crippen molar-refractivity contribution in [2.75, 3.05) is 42.1 Å². The summed E-state index contributed by atoms with van der Waals surface area (Å²) in [4.78, 5) is 29.4. The van der Waals surface area contributed by atoms with E-state index >= 15 is 0 Å². The van der Waals surface area contributed by atoms with Crippen LogP contribution in [0.5, 0.6) is 0 Å². The Balaban J connectivity index is 1.11. The topological polar surface area (TPSA) is 96.2 Å². The Morgan fingerprint density at radius 3 is 2.32 bits per heavy atom. The van der Waals surface area contributed by atoms with Gasteiger partial charge in [-0.05, 0) is 71.1 Å². The van der Waals surface area contributed by atoms with E-state index in [2.05, 4.69) is 41.7 Å². The van der Waals surface area contributed by atoms with Gasteiger partial charge in [0.05, 0.1) is 22.0 Å². The zero-order valence-electron chi connectivity index (χ0n) is 20.1. The molecule has 1 aliphatic heterocycles. The number of piperazine rings is 1. The maximum Gasteiger partial charge on any atom is 0.255 e. The highest BCUT2D eigenvalue weighted by molar-refractivity contribution is 9.10. The first kappa shape index (κ1) is 26.2. The summed E-state index contributed by atoms with van der Waals surface area (Å²) in [6.07, 6.45) is 0. The Morgan fingerprint density at radius 1 is 0.921 bits per heavy atom. The molecule has 1 saturated heterocycles. The van der Waals surface area contributed by atoms with E-state index in [1.807, 2.05) is 65.6 Å². The van der Waals surface area contributed by atoms with Crippen molar-refractivity contribution in [1.82, 2.24) is 25.1 Å². The predicted molar refractivity (Wildman–Crippen MR) is 152 cm³/mol. The lowest BCUT2D eigenvalue weighted by atomic mass is 10.1. The largest absolute Gasteiger partial charge is 0.368 e. The fraction of sp³-hybridized carbons (Fsp3) is 0.192. The molecule has 194 valence electrons. The monoisotopic (exact) mass is 611 g/mol. The van der Waals surface area contributed by atoms with Gasteiger partial charge >= 0.3 is 0 Å². The fourth-order valence-corrected chi connectivity index (χ4v) is 5.24. The Bertz CT molecular complexity index is 1420. The number of thioether (sulfide) groups is 1. The second-order valence-electron chi connectivity index (χ2n) is 8.49. The van der Waals surface area contributed by atoms with E-state index in [1.54, 1.807) is 16.8 Å². The van der Waals surface area contributed by atoms with Crippen LogP contribution in [0.4, 0.5) is 11.4 Å². The molecule has 1 aromatic heterocycles. The van der Waals surface area contributed by atoms with E-state index in [1.165, 1.54) is 11.8 Å². The van der Waals surface area contributed by atoms with Crippen LogP contribution in [0.15, 0.2) is 82.4 Å². The molecule has 0 aliphatic carbocycles. The van der Waals surface area contributed by atoms with Crippen LogP contribution in [0, 0.1) is 0 Å². The van der Waals surface area contributed by atoms with Gasteiger partial charge in [-0.2, -0.15) is 4.68 Å². The minimum atomic E-state index is -0.153. The summed E-state index contributed by atoms with van der Waals surface area (Å²) in [6, 6.07) is 22.4. The van der Waals surface area contributed by atoms with Gasteiger partial charge in [0.1, 0.15) is 0 Å². The van der Waals surface area contributed by atoms with Gasteiger partial charge < -0.3 is 15.1 Å². The molecule has 5 rings (SSSR count). The van der Waals surface area contributed by atoms with Gasteiger partial charge in [0.2, 0.25) is 11.1 Å². The van der Waals surface area contributed by atoms with Crippen molar-refractivity contribution in [3.63, 3.8) is 0 Å². The number of nitrogens with zero attached hydrogens (tertiary/aromatic N) is 6. The SMILES string of the molecule is O=C(CSc1nnnn1-c1ccc(Br)cc1)Nc1ccc(N2CCN(C(=O)c3ccccc3Cl)CC2)cc1. The van der Waals surface area contributed by atoms with Crippen molar-refractivity contribution in [2.24, 2.45) is 0 Å². The lowest BCUT2D eigenvalue weighted by Crippen LogP contribution is -2.48. The van der Waals surface area contributed by atoms with Crippen LogP contribution in [0.25, 0.3) is 5.69 Å². The smallest absolute Gasteiger partial charge is 0.255 e. The molecule has 38 heavy (non-hydrogen) atoms. The molecule has 4 aromatic rings. The highest BCUT2D eigenvalue weighted by Crippen LogP contribution is 2.23. The van der Waals surface area contributed by atoms with Crippen molar-refractivity contribution < 1.29 is 9.59 Å². The maximum atomic E-state index is 12.8. The Morgan fingerprint density at radius 2 is 1.61 bits per heavy atom. The molecule has 0 bridgehead atoms. The number of aromatic nitrogens is 4. The third kappa shape index (κ3) is 6.17. The van der Waals surface area contributed by atoms with Gasteiger partial charge in [0, 0.05) is 42.0 Å². The highest BCUT2D eigenvalue weighted by Gasteiger charge is 2.23. The van der Waals surface area contributed by atoms with Crippen molar-refractivity contribution in [1.29, 1.82) is 0 Å². The lowest BCUT2D eigenvalue weighted by molar-refractivity contribution is -0.113. The second kappa shape index (κ2) is 12.0. The van der Waals surface area contributed by atoms with Gasteiger partial charge in [-0.25, -0.2) is 0 Å². The first-order valence-electron chi connectivity index (χ1n) is 11.8. The van der Waals surface area contributed by atoms with E-state index in [4.69, 9.17) is 11.6 Å². The summed E-state index contributed by atoms with van der Waals surface area (Å²) >= 11 is 10.9. The summed E-state index contributed by atoms with van der Waals surface area (Å²) in [6.45, 7) is 2.65. The predicted octanol–water partition coefficient (Wildman–Crippen LogP) is 4.77. The number of carbonyl (C=O) groups is 2. The van der Waals surface area contributed by atoms with E-state index in [0.717, 1.165) is 15.8 Å². The average molecular weight is 613 g/mol. The van der Waals surface area contributed by atoms with Gasteiger partial charge in [-0.15, -0.1) is 5.10 Å². The van der Waals surface area contributed by atoms with Crippen LogP contribution in [0.2, 0.25) is 5.02 Å². The fourth-order valence-electron chi connectivity index (χ4n) is 4.07. The molecule has 0 radical (unpaired) electrons. The number of hydrogen-bond acceptors (Lipinski definition) is 7. The zero-order valence-corrected chi connectivity index (χ0v) is 23.3. The quantitative estimate of drug-likeness (QED) is 0.300. The van der Waals surface area contributed by atoms with E-state index in [-0.39, 0.29) is 17.6 Å². The summed E-state index contributed by atoms with van der Waals surface area (Å²) in [5.74, 6) is -0.0306. The minimum absolute atomic E-state index is 0.0444. The van der Waals surface area contributed by atoms with E-state index in [9.17, 15) is 9.59 Å². The van der Waals surface area contributed by atoms with E-state index in [0.29, 0.717) is 47.6 Å². The van der Waals surface area contributed by atoms with Crippen LogP contribution in [0.3, 0.4) is 0 Å². The van der Waals surface area contributed by atoms with Crippen molar-refractivity contribution in [3.05, 3.63) is 87.9 Å². The Labute approximate surface area is 237 Å². The number of tetrazole rings is 1. The number of benzene rings is 3. The summed E-state index contributed by atoms with van der Waals surface area (Å²) in [5, 5.41) is 15.7. The Kier molecular flexibility index (Phi) is 8.26. The number of nitrogens with one attached hydrogen (secondary N) is 1. The molecule has 1 fully saturated rings. The van der Waals surface area contributed by atoms with Gasteiger partial charge in [-0.3, -0.25) is 9.59 Å². The van der Waals surface area contributed by atoms with Crippen molar-refractivity contribution in [2.45, 2.75) is 5.16 Å². The van der Waals surface area contributed by atoms with Gasteiger partial charge in [0.25, 0.3) is 5.91 Å². The normalized spacial score (nSPS) is 13.4. The number of carbonyl (C=O) groups excluding carboxylic acids is 2. The number of rotatable bonds is 7. The van der Waals surface area contributed by atoms with E-state index < -0.39 is 0 Å². The third-order valence-electron chi connectivity index (χ3n) is 6.03. The van der Waals surface area contributed by atoms with Gasteiger partial charge in [0.15, 0.2) is 0 Å². The van der Waals surface area contributed by atoms with Crippen LogP contribution in [-0.2, 0) is 4.79 Å². The molecule has 9 nitrogen and oxygen atoms in total. The Hall–Kier alpha value is -3.41. The number of hydrogen-bond donors (Lipinski definition) is 1. The molecule has 2 heterocycles. The summed E-state index contributed by atoms with van der Waals surface area (Å²) < 4.78 is 2.56. The van der Waals surface area contributed by atoms with Crippen LogP contribution in [0.1, 0.15) is 10.4 Å². The molecular weight excluding hydrogens is 590 g/mol. The third-order valence-corrected chi connectivity index (χ3v) is 7.81. The molecule has 0 saturated carbocycles. The molecule has 0 spiro atoms. The van der Waals surface area contributed by atoms with Crippen LogP contribution in [-0.4, -0.2) is 68.9 Å². The van der Waals surface area contributed by atoms with Crippen LogP contribution < -0.4 is 10.2 Å². The molecule has 12 heteroatoms. The number of amides is 2. The van der Waals surface area contributed by atoms with Gasteiger partial charge in [-0.1, -0.05) is 51.4 Å².